The lowest BCUT2D eigenvalue weighted by Crippen LogP contribution is -2.54. The Morgan fingerprint density at radius 2 is 1.77 bits per heavy atom. The van der Waals surface area contributed by atoms with Gasteiger partial charge in [0.15, 0.2) is 9.84 Å². The quantitative estimate of drug-likeness (QED) is 0.527. The molecule has 1 atom stereocenters. The molecule has 2 aliphatic rings. The van der Waals surface area contributed by atoms with Gasteiger partial charge in [-0.05, 0) is 49.2 Å². The van der Waals surface area contributed by atoms with Crippen molar-refractivity contribution in [2.75, 3.05) is 22.7 Å². The highest BCUT2D eigenvalue weighted by Gasteiger charge is 2.69. The molecular formula is C26H23ClN2O5S. The van der Waals surface area contributed by atoms with Crippen LogP contribution in [0.4, 0.5) is 11.4 Å². The van der Waals surface area contributed by atoms with Crippen LogP contribution in [0.1, 0.15) is 22.3 Å². The molecule has 2 amide bonds. The predicted molar refractivity (Wildman–Crippen MR) is 135 cm³/mol. The number of carbonyl (C=O) groups is 2. The van der Waals surface area contributed by atoms with Gasteiger partial charge < -0.3 is 9.64 Å². The Kier molecular flexibility index (Phi) is 5.41. The van der Waals surface area contributed by atoms with Gasteiger partial charge in [0, 0.05) is 11.3 Å². The van der Waals surface area contributed by atoms with Crippen LogP contribution < -0.4 is 14.5 Å². The molecule has 1 spiro atoms. The number of amides is 2. The third kappa shape index (κ3) is 3.27. The number of hydrogen-bond donors (Lipinski definition) is 0. The molecule has 0 aliphatic carbocycles. The van der Waals surface area contributed by atoms with Gasteiger partial charge in [0.2, 0.25) is 5.91 Å². The van der Waals surface area contributed by atoms with Crippen molar-refractivity contribution in [3.63, 3.8) is 0 Å². The molecule has 0 N–H and O–H groups in total. The second-order valence-corrected chi connectivity index (χ2v) is 11.3. The minimum Gasteiger partial charge on any atom is -0.495 e. The number of carbonyl (C=O) groups excluding carboxylic acids is 2. The number of benzene rings is 3. The lowest BCUT2D eigenvalue weighted by atomic mass is 10.0. The van der Waals surface area contributed by atoms with E-state index in [4.69, 9.17) is 16.3 Å². The van der Waals surface area contributed by atoms with Crippen LogP contribution >= 0.6 is 11.6 Å². The molecule has 1 saturated heterocycles. The minimum atomic E-state index is -4.26. The number of anilines is 2. The number of rotatable bonds is 4. The van der Waals surface area contributed by atoms with Crippen molar-refractivity contribution in [3.05, 3.63) is 87.9 Å². The number of hydrogen-bond acceptors (Lipinski definition) is 5. The Bertz CT molecular complexity index is 1500. The average Bonchev–Trinajstić information content (AvgIpc) is 3.18. The molecule has 0 radical (unpaired) electrons. The lowest BCUT2D eigenvalue weighted by molar-refractivity contribution is -0.123. The van der Waals surface area contributed by atoms with E-state index in [-0.39, 0.29) is 22.8 Å². The third-order valence-electron chi connectivity index (χ3n) is 6.65. The first kappa shape index (κ1) is 23.4. The van der Waals surface area contributed by atoms with Gasteiger partial charge in [-0.3, -0.25) is 14.5 Å². The number of fused-ring (bicyclic) bond motifs is 2. The predicted octanol–water partition coefficient (Wildman–Crippen LogP) is 4.13. The minimum absolute atomic E-state index is 0.173. The Morgan fingerprint density at radius 1 is 1.03 bits per heavy atom. The fourth-order valence-electron chi connectivity index (χ4n) is 4.98. The summed E-state index contributed by atoms with van der Waals surface area (Å²) < 4.78 is 32.6. The summed E-state index contributed by atoms with van der Waals surface area (Å²) in [5.41, 5.74) is 3.82. The van der Waals surface area contributed by atoms with Crippen LogP contribution in [-0.4, -0.2) is 33.1 Å². The summed E-state index contributed by atoms with van der Waals surface area (Å²) in [5.74, 6) is -1.79. The monoisotopic (exact) mass is 510 g/mol. The van der Waals surface area contributed by atoms with Crippen molar-refractivity contribution in [1.29, 1.82) is 0 Å². The summed E-state index contributed by atoms with van der Waals surface area (Å²) in [6, 6.07) is 17.2. The summed E-state index contributed by atoms with van der Waals surface area (Å²) in [7, 11) is -2.80. The summed E-state index contributed by atoms with van der Waals surface area (Å²) in [6.07, 6.45) is 0. The van der Waals surface area contributed by atoms with E-state index in [1.165, 1.54) is 24.1 Å². The molecule has 180 valence electrons. The maximum absolute atomic E-state index is 14.2. The van der Waals surface area contributed by atoms with Crippen LogP contribution in [-0.2, 0) is 30.8 Å². The number of para-hydroxylation sites is 1. The highest BCUT2D eigenvalue weighted by Crippen LogP contribution is 2.53. The number of methoxy groups -OCH3 is 1. The fraction of sp³-hybridized carbons (Fsp3) is 0.231. The SMILES string of the molecule is COc1ccc(N2C(=O)CS(=O)(=O)C23C(=O)N(Cc2cc(C)ccc2C)c2ccccc23)cc1Cl. The zero-order chi connectivity index (χ0) is 25.1. The molecule has 1 unspecified atom stereocenters. The normalized spacial score (nSPS) is 20.6. The molecule has 35 heavy (non-hydrogen) atoms. The number of nitrogens with zero attached hydrogens (tertiary/aromatic N) is 2. The molecule has 9 heteroatoms. The van der Waals surface area contributed by atoms with Crippen LogP contribution in [0.2, 0.25) is 5.02 Å². The topological polar surface area (TPSA) is 84.0 Å². The summed E-state index contributed by atoms with van der Waals surface area (Å²) >= 11 is 6.32. The number of halogens is 1. The number of sulfone groups is 1. The van der Waals surface area contributed by atoms with E-state index in [0.717, 1.165) is 21.6 Å². The second-order valence-electron chi connectivity index (χ2n) is 8.79. The third-order valence-corrected chi connectivity index (χ3v) is 9.05. The van der Waals surface area contributed by atoms with Gasteiger partial charge in [-0.25, -0.2) is 8.42 Å². The van der Waals surface area contributed by atoms with E-state index in [9.17, 15) is 18.0 Å². The molecule has 0 bridgehead atoms. The smallest absolute Gasteiger partial charge is 0.274 e. The Balaban J connectivity index is 1.73. The van der Waals surface area contributed by atoms with E-state index in [0.29, 0.717) is 11.4 Å². The Hall–Kier alpha value is -3.36. The first-order chi connectivity index (χ1) is 16.6. The Labute approximate surface area is 208 Å². The molecular weight excluding hydrogens is 488 g/mol. The lowest BCUT2D eigenvalue weighted by Gasteiger charge is -2.33. The van der Waals surface area contributed by atoms with E-state index >= 15 is 0 Å². The zero-order valence-electron chi connectivity index (χ0n) is 19.4. The number of aryl methyl sites for hydroxylation is 2. The van der Waals surface area contributed by atoms with Gasteiger partial charge in [-0.15, -0.1) is 0 Å². The highest BCUT2D eigenvalue weighted by molar-refractivity contribution is 7.94. The van der Waals surface area contributed by atoms with Gasteiger partial charge in [0.1, 0.15) is 11.5 Å². The van der Waals surface area contributed by atoms with Crippen molar-refractivity contribution >= 4 is 44.6 Å². The molecule has 5 rings (SSSR count). The van der Waals surface area contributed by atoms with E-state index < -0.39 is 32.3 Å². The molecule has 0 saturated carbocycles. The van der Waals surface area contributed by atoms with Gasteiger partial charge in [-0.2, -0.15) is 0 Å². The average molecular weight is 511 g/mol. The van der Waals surface area contributed by atoms with Crippen molar-refractivity contribution in [2.24, 2.45) is 0 Å². The molecule has 3 aromatic rings. The molecule has 2 heterocycles. The van der Waals surface area contributed by atoms with Gasteiger partial charge >= 0.3 is 0 Å². The van der Waals surface area contributed by atoms with Crippen LogP contribution in [0, 0.1) is 13.8 Å². The first-order valence-corrected chi connectivity index (χ1v) is 13.0. The summed E-state index contributed by atoms with van der Waals surface area (Å²) in [6.45, 7) is 4.07. The first-order valence-electron chi connectivity index (χ1n) is 11.0. The second kappa shape index (κ2) is 8.10. The largest absolute Gasteiger partial charge is 0.495 e. The molecule has 2 aliphatic heterocycles. The van der Waals surface area contributed by atoms with Gasteiger partial charge in [0.25, 0.3) is 10.8 Å². The molecule has 3 aromatic carbocycles. The zero-order valence-corrected chi connectivity index (χ0v) is 21.0. The molecule has 1 fully saturated rings. The summed E-state index contributed by atoms with van der Waals surface area (Å²) in [4.78, 5) is 27.8. The van der Waals surface area contributed by atoms with Crippen molar-refractivity contribution in [2.45, 2.75) is 25.3 Å². The maximum atomic E-state index is 14.2. The van der Waals surface area contributed by atoms with Crippen LogP contribution in [0.15, 0.2) is 60.7 Å². The Morgan fingerprint density at radius 3 is 2.49 bits per heavy atom. The molecule has 0 aromatic heterocycles. The molecule has 7 nitrogen and oxygen atoms in total. The van der Waals surface area contributed by atoms with Crippen molar-refractivity contribution in [1.82, 2.24) is 0 Å². The van der Waals surface area contributed by atoms with Crippen molar-refractivity contribution in [3.8, 4) is 5.75 Å². The van der Waals surface area contributed by atoms with E-state index in [1.54, 1.807) is 30.3 Å². The van der Waals surface area contributed by atoms with E-state index in [1.807, 2.05) is 32.0 Å². The van der Waals surface area contributed by atoms with Gasteiger partial charge in [-0.1, -0.05) is 53.6 Å². The van der Waals surface area contributed by atoms with Gasteiger partial charge in [0.05, 0.1) is 24.4 Å². The standard InChI is InChI=1S/C26H23ClN2O5S/c1-16-8-9-17(2)18(12-16)14-28-22-7-5-4-6-20(22)26(25(28)31)29(24(30)15-35(26,32)33)19-10-11-23(34-3)21(27)13-19/h4-13H,14-15H2,1-3H3. The van der Waals surface area contributed by atoms with Crippen molar-refractivity contribution < 1.29 is 22.7 Å². The maximum Gasteiger partial charge on any atom is 0.274 e. The van der Waals surface area contributed by atoms with Crippen LogP contribution in [0.5, 0.6) is 5.75 Å². The highest BCUT2D eigenvalue weighted by atomic mass is 35.5. The fourth-order valence-corrected chi connectivity index (χ4v) is 7.27. The number of ether oxygens (including phenoxy) is 1. The van der Waals surface area contributed by atoms with Crippen LogP contribution in [0.25, 0.3) is 0 Å². The van der Waals surface area contributed by atoms with Crippen LogP contribution in [0.3, 0.4) is 0 Å². The van der Waals surface area contributed by atoms with E-state index in [2.05, 4.69) is 0 Å². The summed E-state index contributed by atoms with van der Waals surface area (Å²) in [5, 5.41) is 0.197.